The van der Waals surface area contributed by atoms with E-state index >= 15 is 0 Å². The molecule has 0 radical (unpaired) electrons. The lowest BCUT2D eigenvalue weighted by Gasteiger charge is -1.98. The average molecular weight is 205 g/mol. The smallest absolute Gasteiger partial charge is 0.331 e. The molecular weight excluding hydrogens is 188 g/mol. The molecule has 0 aliphatic rings. The summed E-state index contributed by atoms with van der Waals surface area (Å²) in [4.78, 5) is 10.7. The van der Waals surface area contributed by atoms with Gasteiger partial charge >= 0.3 is 5.97 Å². The van der Waals surface area contributed by atoms with Crippen molar-refractivity contribution < 1.29 is 9.53 Å². The summed E-state index contributed by atoms with van der Waals surface area (Å²) in [5.41, 5.74) is 0. The summed E-state index contributed by atoms with van der Waals surface area (Å²) in [5.74, 6) is -0.375. The van der Waals surface area contributed by atoms with Crippen molar-refractivity contribution in [2.45, 2.75) is 39.0 Å². The lowest BCUT2D eigenvalue weighted by molar-refractivity contribution is -0.134. The highest BCUT2D eigenvalue weighted by Crippen LogP contribution is 2.13. The number of rotatable bonds is 6. The lowest BCUT2D eigenvalue weighted by atomic mass is 10.1. The zero-order valence-corrected chi connectivity index (χ0v) is 9.06. The van der Waals surface area contributed by atoms with E-state index in [0.29, 0.717) is 5.03 Å². The van der Waals surface area contributed by atoms with E-state index in [9.17, 15) is 4.79 Å². The van der Waals surface area contributed by atoms with Gasteiger partial charge in [-0.15, -0.1) is 0 Å². The van der Waals surface area contributed by atoms with E-state index in [4.69, 9.17) is 11.6 Å². The van der Waals surface area contributed by atoms with Crippen LogP contribution >= 0.6 is 11.6 Å². The van der Waals surface area contributed by atoms with Crippen molar-refractivity contribution >= 4 is 17.6 Å². The minimum absolute atomic E-state index is 0.375. The standard InChI is InChI=1S/C10H17ClO2/c1-3-4-5-6-7-9(11)8-10(12)13-2/h8H,3-7H2,1-2H3/b9-8-. The second kappa shape index (κ2) is 8.11. The third-order valence-electron chi connectivity index (χ3n) is 1.74. The molecule has 0 saturated carbocycles. The van der Waals surface area contributed by atoms with Gasteiger partial charge in [-0.3, -0.25) is 0 Å². The first-order valence-electron chi connectivity index (χ1n) is 4.64. The molecule has 0 aliphatic heterocycles. The van der Waals surface area contributed by atoms with Crippen molar-refractivity contribution in [3.63, 3.8) is 0 Å². The Morgan fingerprint density at radius 2 is 2.08 bits per heavy atom. The Morgan fingerprint density at radius 3 is 2.62 bits per heavy atom. The molecule has 0 fully saturated rings. The molecule has 0 aromatic heterocycles. The largest absolute Gasteiger partial charge is 0.466 e. The molecule has 0 saturated heterocycles. The molecule has 3 heteroatoms. The molecule has 0 rings (SSSR count). The lowest BCUT2D eigenvalue weighted by Crippen LogP contribution is -1.95. The number of methoxy groups -OCH3 is 1. The zero-order valence-electron chi connectivity index (χ0n) is 8.31. The fraction of sp³-hybridized carbons (Fsp3) is 0.700. The molecule has 0 bridgehead atoms. The molecule has 0 aromatic rings. The molecule has 0 aromatic carbocycles. The van der Waals surface area contributed by atoms with Crippen molar-refractivity contribution in [1.82, 2.24) is 0 Å². The number of halogens is 1. The predicted molar refractivity (Wildman–Crippen MR) is 54.7 cm³/mol. The van der Waals surface area contributed by atoms with E-state index in [0.717, 1.165) is 12.8 Å². The van der Waals surface area contributed by atoms with Crippen LogP contribution in [0.2, 0.25) is 0 Å². The summed E-state index contributed by atoms with van der Waals surface area (Å²) < 4.78 is 4.45. The van der Waals surface area contributed by atoms with Gasteiger partial charge < -0.3 is 4.74 Å². The van der Waals surface area contributed by atoms with Gasteiger partial charge in [-0.2, -0.15) is 0 Å². The highest BCUT2D eigenvalue weighted by atomic mass is 35.5. The van der Waals surface area contributed by atoms with Crippen LogP contribution in [-0.4, -0.2) is 13.1 Å². The number of hydrogen-bond acceptors (Lipinski definition) is 2. The van der Waals surface area contributed by atoms with Gasteiger partial charge in [0.25, 0.3) is 0 Å². The van der Waals surface area contributed by atoms with Crippen LogP contribution in [0.25, 0.3) is 0 Å². The molecule has 0 aliphatic carbocycles. The van der Waals surface area contributed by atoms with E-state index in [1.807, 2.05) is 0 Å². The summed E-state index contributed by atoms with van der Waals surface area (Å²) in [6.45, 7) is 2.16. The van der Waals surface area contributed by atoms with E-state index in [1.165, 1.54) is 32.4 Å². The molecule has 0 heterocycles. The topological polar surface area (TPSA) is 26.3 Å². The second-order valence-corrected chi connectivity index (χ2v) is 3.41. The number of carbonyl (C=O) groups is 1. The van der Waals surface area contributed by atoms with Crippen LogP contribution in [0.5, 0.6) is 0 Å². The number of unbranched alkanes of at least 4 members (excludes halogenated alkanes) is 3. The maximum absolute atomic E-state index is 10.7. The first kappa shape index (κ1) is 12.5. The Balaban J connectivity index is 3.55. The van der Waals surface area contributed by atoms with Crippen molar-refractivity contribution in [1.29, 1.82) is 0 Å². The number of hydrogen-bond donors (Lipinski definition) is 0. The van der Waals surface area contributed by atoms with Crippen LogP contribution in [0.1, 0.15) is 39.0 Å². The maximum Gasteiger partial charge on any atom is 0.331 e. The normalized spacial score (nSPS) is 11.5. The monoisotopic (exact) mass is 204 g/mol. The van der Waals surface area contributed by atoms with Crippen molar-refractivity contribution in [3.05, 3.63) is 11.1 Å². The van der Waals surface area contributed by atoms with Crippen LogP contribution in [0, 0.1) is 0 Å². The van der Waals surface area contributed by atoms with Crippen molar-refractivity contribution in [3.8, 4) is 0 Å². The molecule has 2 nitrogen and oxygen atoms in total. The van der Waals surface area contributed by atoms with Gasteiger partial charge in [-0.05, 0) is 12.8 Å². The summed E-state index contributed by atoms with van der Waals surface area (Å²) in [7, 11) is 1.35. The van der Waals surface area contributed by atoms with Gasteiger partial charge in [0, 0.05) is 11.1 Å². The first-order valence-corrected chi connectivity index (χ1v) is 5.02. The van der Waals surface area contributed by atoms with E-state index in [-0.39, 0.29) is 5.97 Å². The molecule has 13 heavy (non-hydrogen) atoms. The zero-order chi connectivity index (χ0) is 10.1. The Labute approximate surface area is 84.9 Å². The predicted octanol–water partition coefficient (Wildman–Crippen LogP) is 3.25. The van der Waals surface area contributed by atoms with Gasteiger partial charge in [0.1, 0.15) is 0 Å². The fourth-order valence-electron chi connectivity index (χ4n) is 0.980. The third-order valence-corrected chi connectivity index (χ3v) is 2.04. The third kappa shape index (κ3) is 7.85. The first-order chi connectivity index (χ1) is 6.20. The van der Waals surface area contributed by atoms with E-state index in [1.54, 1.807) is 0 Å². The second-order valence-electron chi connectivity index (χ2n) is 2.93. The van der Waals surface area contributed by atoms with Gasteiger partial charge in [0.2, 0.25) is 0 Å². The molecule has 0 N–H and O–H groups in total. The summed E-state index contributed by atoms with van der Waals surface area (Å²) >= 11 is 5.79. The van der Waals surface area contributed by atoms with E-state index < -0.39 is 0 Å². The summed E-state index contributed by atoms with van der Waals surface area (Å²) in [6.07, 6.45) is 6.76. The summed E-state index contributed by atoms with van der Waals surface area (Å²) in [5, 5.41) is 0.586. The number of carbonyl (C=O) groups excluding carboxylic acids is 1. The highest BCUT2D eigenvalue weighted by molar-refractivity contribution is 6.30. The quantitative estimate of drug-likeness (QED) is 0.377. The van der Waals surface area contributed by atoms with Crippen LogP contribution in [0.4, 0.5) is 0 Å². The molecule has 0 unspecified atom stereocenters. The van der Waals surface area contributed by atoms with Gasteiger partial charge in [0.15, 0.2) is 0 Å². The van der Waals surface area contributed by atoms with Gasteiger partial charge in [-0.1, -0.05) is 37.8 Å². The number of ether oxygens (including phenoxy) is 1. The van der Waals surface area contributed by atoms with Crippen LogP contribution in [0.15, 0.2) is 11.1 Å². The fourth-order valence-corrected chi connectivity index (χ4v) is 1.20. The molecule has 0 atom stereocenters. The Bertz CT molecular complexity index is 176. The average Bonchev–Trinajstić information content (AvgIpc) is 2.12. The van der Waals surface area contributed by atoms with Crippen molar-refractivity contribution in [2.75, 3.05) is 7.11 Å². The molecule has 0 spiro atoms. The Morgan fingerprint density at radius 1 is 1.38 bits per heavy atom. The van der Waals surface area contributed by atoms with Crippen LogP contribution in [-0.2, 0) is 9.53 Å². The van der Waals surface area contributed by atoms with Gasteiger partial charge in [0.05, 0.1) is 7.11 Å². The SMILES string of the molecule is CCCCCC/C(Cl)=C/C(=O)OC. The van der Waals surface area contributed by atoms with Crippen LogP contribution in [0.3, 0.4) is 0 Å². The molecule has 76 valence electrons. The number of allylic oxidation sites excluding steroid dienone is 1. The Kier molecular flexibility index (Phi) is 7.80. The Hall–Kier alpha value is -0.500. The minimum atomic E-state index is -0.375. The molecular formula is C10H17ClO2. The van der Waals surface area contributed by atoms with Crippen LogP contribution < -0.4 is 0 Å². The number of esters is 1. The van der Waals surface area contributed by atoms with E-state index in [2.05, 4.69) is 11.7 Å². The maximum atomic E-state index is 10.7. The minimum Gasteiger partial charge on any atom is -0.466 e. The molecule has 0 amide bonds. The van der Waals surface area contributed by atoms with Crippen molar-refractivity contribution in [2.24, 2.45) is 0 Å². The highest BCUT2D eigenvalue weighted by Gasteiger charge is 1.98. The van der Waals surface area contributed by atoms with Gasteiger partial charge in [-0.25, -0.2) is 4.79 Å². The summed E-state index contributed by atoms with van der Waals surface area (Å²) in [6, 6.07) is 0.